The molecule has 1 heterocycles. The quantitative estimate of drug-likeness (QED) is 0.851. The molecule has 0 spiro atoms. The second kappa shape index (κ2) is 5.39. The summed E-state index contributed by atoms with van der Waals surface area (Å²) in [5.74, 6) is 0.857. The lowest BCUT2D eigenvalue weighted by molar-refractivity contribution is 0.179. The molecule has 4 heteroatoms. The van der Waals surface area contributed by atoms with Crippen molar-refractivity contribution in [3.05, 3.63) is 23.8 Å². The van der Waals surface area contributed by atoms with Crippen molar-refractivity contribution < 1.29 is 9.84 Å². The van der Waals surface area contributed by atoms with Gasteiger partial charge in [0.05, 0.1) is 18.9 Å². The summed E-state index contributed by atoms with van der Waals surface area (Å²) in [4.78, 5) is 2.20. The van der Waals surface area contributed by atoms with E-state index in [-0.39, 0.29) is 11.6 Å². The molecule has 1 aromatic rings. The molecule has 1 fully saturated rings. The van der Waals surface area contributed by atoms with Crippen molar-refractivity contribution in [2.75, 3.05) is 31.6 Å². The third-order valence-electron chi connectivity index (χ3n) is 3.51. The lowest BCUT2D eigenvalue weighted by atomic mass is 10.0. The van der Waals surface area contributed by atoms with Crippen molar-refractivity contribution in [3.63, 3.8) is 0 Å². The fourth-order valence-electron chi connectivity index (χ4n) is 2.54. The summed E-state index contributed by atoms with van der Waals surface area (Å²) in [5, 5.41) is 13.4. The van der Waals surface area contributed by atoms with E-state index in [1.54, 1.807) is 7.11 Å². The van der Waals surface area contributed by atoms with Gasteiger partial charge in [-0.1, -0.05) is 6.07 Å². The zero-order valence-electron chi connectivity index (χ0n) is 12.2. The van der Waals surface area contributed by atoms with Gasteiger partial charge in [-0.25, -0.2) is 0 Å². The zero-order chi connectivity index (χ0) is 14.0. The summed E-state index contributed by atoms with van der Waals surface area (Å²) in [5.41, 5.74) is 2.21. The summed E-state index contributed by atoms with van der Waals surface area (Å²) in [6, 6.07) is 6.15. The SMILES string of the molecule is COc1ccc(C)cc1N1CC(O)CNC(C)(C)C1. The smallest absolute Gasteiger partial charge is 0.142 e. The number of anilines is 1. The van der Waals surface area contributed by atoms with Gasteiger partial charge in [-0.15, -0.1) is 0 Å². The van der Waals surface area contributed by atoms with Crippen molar-refractivity contribution in [2.45, 2.75) is 32.4 Å². The Bertz CT molecular complexity index is 446. The number of methoxy groups -OCH3 is 1. The van der Waals surface area contributed by atoms with Crippen molar-refractivity contribution in [2.24, 2.45) is 0 Å². The molecule has 2 rings (SSSR count). The number of rotatable bonds is 2. The molecule has 1 atom stereocenters. The monoisotopic (exact) mass is 264 g/mol. The molecule has 1 unspecified atom stereocenters. The Labute approximate surface area is 115 Å². The van der Waals surface area contributed by atoms with Gasteiger partial charge in [0.2, 0.25) is 0 Å². The van der Waals surface area contributed by atoms with Gasteiger partial charge in [0.25, 0.3) is 0 Å². The van der Waals surface area contributed by atoms with Gasteiger partial charge in [-0.2, -0.15) is 0 Å². The highest BCUT2D eigenvalue weighted by atomic mass is 16.5. The lowest BCUT2D eigenvalue weighted by Crippen LogP contribution is -2.46. The molecule has 2 N–H and O–H groups in total. The van der Waals surface area contributed by atoms with Crippen LogP contribution in [0.2, 0.25) is 0 Å². The number of benzene rings is 1. The third-order valence-corrected chi connectivity index (χ3v) is 3.51. The van der Waals surface area contributed by atoms with E-state index in [4.69, 9.17) is 4.74 Å². The maximum atomic E-state index is 10.0. The highest BCUT2D eigenvalue weighted by Gasteiger charge is 2.29. The Hall–Kier alpha value is -1.26. The molecule has 0 saturated carbocycles. The number of aliphatic hydroxyl groups excluding tert-OH is 1. The molecule has 0 aromatic heterocycles. The van der Waals surface area contributed by atoms with Crippen LogP contribution in [0.4, 0.5) is 5.69 Å². The maximum absolute atomic E-state index is 10.0. The second-order valence-corrected chi connectivity index (χ2v) is 5.97. The van der Waals surface area contributed by atoms with Gasteiger partial charge >= 0.3 is 0 Å². The number of ether oxygens (including phenoxy) is 1. The summed E-state index contributed by atoms with van der Waals surface area (Å²) in [6.45, 7) is 8.46. The van der Waals surface area contributed by atoms with Crippen LogP contribution < -0.4 is 15.0 Å². The van der Waals surface area contributed by atoms with Crippen molar-refractivity contribution in [1.29, 1.82) is 0 Å². The van der Waals surface area contributed by atoms with Crippen LogP contribution in [0.1, 0.15) is 19.4 Å². The molecule has 1 aromatic carbocycles. The predicted octanol–water partition coefficient (Wildman–Crippen LogP) is 1.55. The average Bonchev–Trinajstić information content (AvgIpc) is 2.48. The molecule has 0 amide bonds. The van der Waals surface area contributed by atoms with Crippen LogP contribution >= 0.6 is 0 Å². The number of aryl methyl sites for hydroxylation is 1. The molecule has 0 radical (unpaired) electrons. The fourth-order valence-corrected chi connectivity index (χ4v) is 2.54. The van der Waals surface area contributed by atoms with Crippen LogP contribution in [0, 0.1) is 6.92 Å². The first kappa shape index (κ1) is 14.2. The summed E-state index contributed by atoms with van der Waals surface area (Å²) in [7, 11) is 1.69. The molecule has 4 nitrogen and oxygen atoms in total. The van der Waals surface area contributed by atoms with E-state index in [0.29, 0.717) is 13.1 Å². The van der Waals surface area contributed by atoms with E-state index in [2.05, 4.69) is 37.1 Å². The number of nitrogens with one attached hydrogen (secondary N) is 1. The minimum Gasteiger partial charge on any atom is -0.495 e. The number of hydrogen-bond donors (Lipinski definition) is 2. The Morgan fingerprint density at radius 3 is 2.84 bits per heavy atom. The molecule has 1 saturated heterocycles. The summed E-state index contributed by atoms with van der Waals surface area (Å²) in [6.07, 6.45) is -0.369. The van der Waals surface area contributed by atoms with Crippen LogP contribution in [-0.4, -0.2) is 43.5 Å². The van der Waals surface area contributed by atoms with Crippen LogP contribution in [0.3, 0.4) is 0 Å². The van der Waals surface area contributed by atoms with Gasteiger partial charge in [0, 0.05) is 25.2 Å². The number of nitrogens with zero attached hydrogens (tertiary/aromatic N) is 1. The van der Waals surface area contributed by atoms with E-state index in [1.807, 2.05) is 12.1 Å². The Kier molecular flexibility index (Phi) is 4.02. The molecular formula is C15H24N2O2. The van der Waals surface area contributed by atoms with Crippen LogP contribution in [-0.2, 0) is 0 Å². The highest BCUT2D eigenvalue weighted by Crippen LogP contribution is 2.31. The third kappa shape index (κ3) is 3.39. The highest BCUT2D eigenvalue weighted by molar-refractivity contribution is 5.60. The Balaban J connectivity index is 2.35. The standard InChI is InChI=1S/C15H24N2O2/c1-11-5-6-14(19-4)13(7-11)17-9-12(18)8-16-15(2,3)10-17/h5-7,12,16,18H,8-10H2,1-4H3. The zero-order valence-corrected chi connectivity index (χ0v) is 12.2. The molecule has 106 valence electrons. The lowest BCUT2D eigenvalue weighted by Gasteiger charge is -2.32. The van der Waals surface area contributed by atoms with Gasteiger partial charge in [-0.3, -0.25) is 0 Å². The number of β-amino-alcohol motifs (C(OH)–C–C–N with tert-alkyl or cyclic N) is 1. The molecule has 0 bridgehead atoms. The van der Waals surface area contributed by atoms with Crippen LogP contribution in [0.25, 0.3) is 0 Å². The first-order valence-electron chi connectivity index (χ1n) is 6.74. The largest absolute Gasteiger partial charge is 0.495 e. The summed E-state index contributed by atoms with van der Waals surface area (Å²) < 4.78 is 5.45. The van der Waals surface area contributed by atoms with E-state index in [9.17, 15) is 5.11 Å². The van der Waals surface area contributed by atoms with E-state index in [1.165, 1.54) is 5.56 Å². The van der Waals surface area contributed by atoms with E-state index >= 15 is 0 Å². The minimum absolute atomic E-state index is 0.0355. The fraction of sp³-hybridized carbons (Fsp3) is 0.600. The predicted molar refractivity (Wildman–Crippen MR) is 78.0 cm³/mol. The maximum Gasteiger partial charge on any atom is 0.142 e. The van der Waals surface area contributed by atoms with Gasteiger partial charge in [-0.05, 0) is 38.5 Å². The molecular weight excluding hydrogens is 240 g/mol. The molecule has 19 heavy (non-hydrogen) atoms. The number of hydrogen-bond acceptors (Lipinski definition) is 4. The van der Waals surface area contributed by atoms with Gasteiger partial charge in [0.15, 0.2) is 0 Å². The van der Waals surface area contributed by atoms with Gasteiger partial charge in [0.1, 0.15) is 5.75 Å². The molecule has 1 aliphatic heterocycles. The Morgan fingerprint density at radius 1 is 1.42 bits per heavy atom. The second-order valence-electron chi connectivity index (χ2n) is 5.97. The van der Waals surface area contributed by atoms with Crippen molar-refractivity contribution in [3.8, 4) is 5.75 Å². The normalized spacial score (nSPS) is 23.0. The number of aliphatic hydroxyl groups is 1. The van der Waals surface area contributed by atoms with E-state index < -0.39 is 0 Å². The topological polar surface area (TPSA) is 44.7 Å². The van der Waals surface area contributed by atoms with Crippen molar-refractivity contribution in [1.82, 2.24) is 5.32 Å². The first-order valence-corrected chi connectivity index (χ1v) is 6.74. The van der Waals surface area contributed by atoms with Crippen LogP contribution in [0.5, 0.6) is 5.75 Å². The van der Waals surface area contributed by atoms with E-state index in [0.717, 1.165) is 18.0 Å². The minimum atomic E-state index is -0.369. The van der Waals surface area contributed by atoms with Gasteiger partial charge < -0.3 is 20.1 Å². The summed E-state index contributed by atoms with van der Waals surface area (Å²) >= 11 is 0. The van der Waals surface area contributed by atoms with Crippen molar-refractivity contribution >= 4 is 5.69 Å². The Morgan fingerprint density at radius 2 is 2.16 bits per heavy atom. The molecule has 1 aliphatic rings. The average molecular weight is 264 g/mol. The first-order chi connectivity index (χ1) is 8.91. The van der Waals surface area contributed by atoms with Crippen LogP contribution in [0.15, 0.2) is 18.2 Å². The molecule has 0 aliphatic carbocycles.